The number of pyridine rings is 1. The second-order valence-corrected chi connectivity index (χ2v) is 3.35. The lowest BCUT2D eigenvalue weighted by atomic mass is 10.2. The Hall–Kier alpha value is -1.45. The summed E-state index contributed by atoms with van der Waals surface area (Å²) in [6, 6.07) is 1.30. The first-order valence-electron chi connectivity index (χ1n) is 4.38. The van der Waals surface area contributed by atoms with E-state index in [1.165, 1.54) is 12.3 Å². The fourth-order valence-corrected chi connectivity index (χ4v) is 0.861. The normalized spacial score (nSPS) is 10.3. The average Bonchev–Trinajstić information content (AvgIpc) is 2.15. The number of hydrogen-bond donors (Lipinski definition) is 0. The molecule has 0 unspecified atom stereocenters. The topological polar surface area (TPSA) is 39.2 Å². The van der Waals surface area contributed by atoms with Crippen LogP contribution in [0.25, 0.3) is 0 Å². The minimum absolute atomic E-state index is 0.0688. The lowest BCUT2D eigenvalue weighted by molar-refractivity contribution is 0.0453. The zero-order valence-corrected chi connectivity index (χ0v) is 8.16. The minimum atomic E-state index is -0.652. The summed E-state index contributed by atoms with van der Waals surface area (Å²) in [6.07, 6.45) is 2.35. The van der Waals surface area contributed by atoms with Crippen molar-refractivity contribution in [2.24, 2.45) is 5.92 Å². The average molecular weight is 197 g/mol. The van der Waals surface area contributed by atoms with Gasteiger partial charge in [0.25, 0.3) is 0 Å². The number of carbonyl (C=O) groups is 1. The van der Waals surface area contributed by atoms with E-state index >= 15 is 0 Å². The highest BCUT2D eigenvalue weighted by molar-refractivity contribution is 5.89. The van der Waals surface area contributed by atoms with Crippen molar-refractivity contribution in [3.8, 4) is 0 Å². The van der Waals surface area contributed by atoms with E-state index in [0.717, 1.165) is 6.20 Å². The van der Waals surface area contributed by atoms with Gasteiger partial charge in [0, 0.05) is 6.20 Å². The van der Waals surface area contributed by atoms with Gasteiger partial charge in [-0.25, -0.2) is 9.18 Å². The Morgan fingerprint density at radius 2 is 2.36 bits per heavy atom. The van der Waals surface area contributed by atoms with E-state index in [0.29, 0.717) is 6.61 Å². The van der Waals surface area contributed by atoms with Crippen molar-refractivity contribution in [1.29, 1.82) is 0 Å². The van der Waals surface area contributed by atoms with Crippen LogP contribution in [0.2, 0.25) is 0 Å². The summed E-state index contributed by atoms with van der Waals surface area (Å²) in [5, 5.41) is 0. The van der Waals surface area contributed by atoms with Crippen molar-refractivity contribution < 1.29 is 13.9 Å². The highest BCUT2D eigenvalue weighted by atomic mass is 19.1. The zero-order valence-electron chi connectivity index (χ0n) is 8.16. The highest BCUT2D eigenvalue weighted by Gasteiger charge is 2.12. The largest absolute Gasteiger partial charge is 0.462 e. The van der Waals surface area contributed by atoms with Gasteiger partial charge in [-0.15, -0.1) is 0 Å². The second-order valence-electron chi connectivity index (χ2n) is 3.35. The molecule has 0 amide bonds. The molecule has 1 rings (SSSR count). The Morgan fingerprint density at radius 3 is 2.93 bits per heavy atom. The Bertz CT molecular complexity index is 326. The van der Waals surface area contributed by atoms with Crippen LogP contribution >= 0.6 is 0 Å². The number of rotatable bonds is 3. The van der Waals surface area contributed by atoms with Gasteiger partial charge in [0.1, 0.15) is 0 Å². The Kier molecular flexibility index (Phi) is 3.56. The first-order valence-corrected chi connectivity index (χ1v) is 4.38. The van der Waals surface area contributed by atoms with Crippen molar-refractivity contribution in [2.75, 3.05) is 6.61 Å². The fourth-order valence-electron chi connectivity index (χ4n) is 0.861. The van der Waals surface area contributed by atoms with Crippen LogP contribution in [0.4, 0.5) is 4.39 Å². The van der Waals surface area contributed by atoms with Gasteiger partial charge in [0.15, 0.2) is 5.82 Å². The summed E-state index contributed by atoms with van der Waals surface area (Å²) in [4.78, 5) is 14.8. The SMILES string of the molecule is CC(C)COC(=O)c1ccncc1F. The smallest absolute Gasteiger partial charge is 0.341 e. The zero-order chi connectivity index (χ0) is 10.6. The van der Waals surface area contributed by atoms with Crippen molar-refractivity contribution in [1.82, 2.24) is 4.98 Å². The molecule has 0 aliphatic rings. The predicted octanol–water partition coefficient (Wildman–Crippen LogP) is 2.03. The molecule has 3 nitrogen and oxygen atoms in total. The van der Waals surface area contributed by atoms with Gasteiger partial charge >= 0.3 is 5.97 Å². The van der Waals surface area contributed by atoms with Gasteiger partial charge in [-0.3, -0.25) is 4.98 Å². The van der Waals surface area contributed by atoms with Crippen LogP contribution in [0.3, 0.4) is 0 Å². The molecule has 1 heterocycles. The van der Waals surface area contributed by atoms with E-state index in [2.05, 4.69) is 4.98 Å². The molecule has 1 aromatic heterocycles. The molecule has 0 bridgehead atoms. The first kappa shape index (κ1) is 10.6. The van der Waals surface area contributed by atoms with Crippen LogP contribution in [0.1, 0.15) is 24.2 Å². The predicted molar refractivity (Wildman–Crippen MR) is 49.3 cm³/mol. The molecule has 0 aliphatic carbocycles. The molecular weight excluding hydrogens is 185 g/mol. The molecule has 0 fully saturated rings. The van der Waals surface area contributed by atoms with Gasteiger partial charge in [-0.2, -0.15) is 0 Å². The number of esters is 1. The standard InChI is InChI=1S/C10H12FNO2/c1-7(2)6-14-10(13)8-3-4-12-5-9(8)11/h3-5,7H,6H2,1-2H3. The molecule has 0 aliphatic heterocycles. The number of nitrogens with zero attached hydrogens (tertiary/aromatic N) is 1. The molecular formula is C10H12FNO2. The van der Waals surface area contributed by atoms with Gasteiger partial charge in [0.2, 0.25) is 0 Å². The molecule has 1 aromatic rings. The van der Waals surface area contributed by atoms with Crippen LogP contribution in [-0.4, -0.2) is 17.6 Å². The third-order valence-electron chi connectivity index (χ3n) is 1.54. The number of aromatic nitrogens is 1. The molecule has 0 N–H and O–H groups in total. The first-order chi connectivity index (χ1) is 6.61. The lowest BCUT2D eigenvalue weighted by Gasteiger charge is -2.06. The van der Waals surface area contributed by atoms with Crippen LogP contribution in [-0.2, 0) is 4.74 Å². The number of halogens is 1. The Balaban J connectivity index is 2.65. The maximum Gasteiger partial charge on any atom is 0.341 e. The van der Waals surface area contributed by atoms with Gasteiger partial charge < -0.3 is 4.74 Å². The monoisotopic (exact) mass is 197 g/mol. The van der Waals surface area contributed by atoms with Crippen molar-refractivity contribution in [2.45, 2.75) is 13.8 Å². The summed E-state index contributed by atoms with van der Waals surface area (Å²) < 4.78 is 17.9. The van der Waals surface area contributed by atoms with Gasteiger partial charge in [-0.1, -0.05) is 13.8 Å². The van der Waals surface area contributed by atoms with Crippen molar-refractivity contribution in [3.05, 3.63) is 29.8 Å². The van der Waals surface area contributed by atoms with Crippen LogP contribution in [0, 0.1) is 11.7 Å². The molecule has 76 valence electrons. The summed E-state index contributed by atoms with van der Waals surface area (Å²) in [5.74, 6) is -1.05. The molecule has 0 aromatic carbocycles. The second kappa shape index (κ2) is 4.69. The molecule has 0 spiro atoms. The van der Waals surface area contributed by atoms with E-state index in [9.17, 15) is 9.18 Å². The van der Waals surface area contributed by atoms with E-state index in [4.69, 9.17) is 4.74 Å². The molecule has 0 saturated heterocycles. The van der Waals surface area contributed by atoms with E-state index in [1.807, 2.05) is 13.8 Å². The molecule has 0 radical (unpaired) electrons. The number of hydrogen-bond acceptors (Lipinski definition) is 3. The summed E-state index contributed by atoms with van der Waals surface area (Å²) in [6.45, 7) is 4.12. The van der Waals surface area contributed by atoms with Crippen LogP contribution in [0.5, 0.6) is 0 Å². The summed E-state index contributed by atoms with van der Waals surface area (Å²) >= 11 is 0. The van der Waals surface area contributed by atoms with Crippen molar-refractivity contribution in [3.63, 3.8) is 0 Å². The Morgan fingerprint density at radius 1 is 1.64 bits per heavy atom. The third kappa shape index (κ3) is 2.80. The van der Waals surface area contributed by atoms with E-state index < -0.39 is 11.8 Å². The molecule has 4 heteroatoms. The lowest BCUT2D eigenvalue weighted by Crippen LogP contribution is -2.11. The quantitative estimate of drug-likeness (QED) is 0.696. The van der Waals surface area contributed by atoms with Gasteiger partial charge in [-0.05, 0) is 12.0 Å². The summed E-state index contributed by atoms with van der Waals surface area (Å²) in [7, 11) is 0. The fraction of sp³-hybridized carbons (Fsp3) is 0.400. The van der Waals surface area contributed by atoms with Crippen LogP contribution < -0.4 is 0 Å². The van der Waals surface area contributed by atoms with E-state index in [1.54, 1.807) is 0 Å². The Labute approximate surface area is 81.9 Å². The summed E-state index contributed by atoms with van der Waals surface area (Å²) in [5.41, 5.74) is -0.0688. The van der Waals surface area contributed by atoms with Gasteiger partial charge in [0.05, 0.1) is 18.4 Å². The molecule has 0 saturated carbocycles. The number of ether oxygens (including phenoxy) is 1. The van der Waals surface area contributed by atoms with Crippen molar-refractivity contribution >= 4 is 5.97 Å². The third-order valence-corrected chi connectivity index (χ3v) is 1.54. The molecule has 0 atom stereocenters. The van der Waals surface area contributed by atoms with E-state index in [-0.39, 0.29) is 11.5 Å². The minimum Gasteiger partial charge on any atom is -0.462 e. The highest BCUT2D eigenvalue weighted by Crippen LogP contribution is 2.07. The maximum atomic E-state index is 13.0. The number of carbonyl (C=O) groups excluding carboxylic acids is 1. The maximum absolute atomic E-state index is 13.0. The molecule has 14 heavy (non-hydrogen) atoms. The van der Waals surface area contributed by atoms with Crippen LogP contribution in [0.15, 0.2) is 18.5 Å².